The third kappa shape index (κ3) is 1.23. The van der Waals surface area contributed by atoms with E-state index in [4.69, 9.17) is 5.11 Å². The predicted molar refractivity (Wildman–Crippen MR) is 50.4 cm³/mol. The number of hydrogen-bond acceptors (Lipinski definition) is 3. The standard InChI is InChI=1S/C10H17NO2/c1-8-4-10(7-13)3-2-9(6-12)11(10)5-8/h9,12-13H,1-7H2/t9-,10-/m0/s1. The van der Waals surface area contributed by atoms with Crippen LogP contribution in [-0.2, 0) is 0 Å². The molecule has 0 aromatic rings. The fourth-order valence-corrected chi connectivity index (χ4v) is 2.79. The van der Waals surface area contributed by atoms with Gasteiger partial charge in [-0.3, -0.25) is 4.90 Å². The Hall–Kier alpha value is -0.380. The maximum atomic E-state index is 9.39. The summed E-state index contributed by atoms with van der Waals surface area (Å²) in [5, 5.41) is 18.5. The van der Waals surface area contributed by atoms with E-state index in [2.05, 4.69) is 11.5 Å². The van der Waals surface area contributed by atoms with Crippen LogP contribution in [0.3, 0.4) is 0 Å². The third-order valence-corrected chi connectivity index (χ3v) is 3.47. The summed E-state index contributed by atoms with van der Waals surface area (Å²) < 4.78 is 0. The molecule has 2 saturated heterocycles. The average Bonchev–Trinajstić information content (AvgIpc) is 2.59. The molecule has 0 aromatic heterocycles. The molecule has 3 heteroatoms. The molecule has 0 aliphatic carbocycles. The van der Waals surface area contributed by atoms with E-state index in [0.29, 0.717) is 0 Å². The van der Waals surface area contributed by atoms with E-state index >= 15 is 0 Å². The van der Waals surface area contributed by atoms with Crippen molar-refractivity contribution in [1.29, 1.82) is 0 Å². The third-order valence-electron chi connectivity index (χ3n) is 3.47. The minimum Gasteiger partial charge on any atom is -0.395 e. The van der Waals surface area contributed by atoms with Crippen molar-refractivity contribution in [2.75, 3.05) is 19.8 Å². The molecule has 0 amide bonds. The second-order valence-electron chi connectivity index (χ2n) is 4.31. The van der Waals surface area contributed by atoms with Gasteiger partial charge in [0.15, 0.2) is 0 Å². The first-order chi connectivity index (χ1) is 6.22. The van der Waals surface area contributed by atoms with Gasteiger partial charge in [-0.1, -0.05) is 12.2 Å². The molecule has 0 saturated carbocycles. The van der Waals surface area contributed by atoms with Crippen LogP contribution in [0.15, 0.2) is 12.2 Å². The lowest BCUT2D eigenvalue weighted by molar-refractivity contribution is 0.0590. The lowest BCUT2D eigenvalue weighted by atomic mass is 9.94. The van der Waals surface area contributed by atoms with Crippen molar-refractivity contribution in [2.24, 2.45) is 0 Å². The Kier molecular flexibility index (Phi) is 2.18. The Morgan fingerprint density at radius 1 is 1.54 bits per heavy atom. The first kappa shape index (κ1) is 9.19. The summed E-state index contributed by atoms with van der Waals surface area (Å²) in [6.07, 6.45) is 2.90. The maximum absolute atomic E-state index is 9.39. The predicted octanol–water partition coefficient (Wildman–Crippen LogP) is 0.134. The van der Waals surface area contributed by atoms with Crippen molar-refractivity contribution in [1.82, 2.24) is 4.90 Å². The van der Waals surface area contributed by atoms with Gasteiger partial charge < -0.3 is 10.2 Å². The van der Waals surface area contributed by atoms with Crippen molar-refractivity contribution < 1.29 is 10.2 Å². The van der Waals surface area contributed by atoms with Crippen LogP contribution < -0.4 is 0 Å². The molecule has 2 aliphatic rings. The van der Waals surface area contributed by atoms with Crippen LogP contribution in [0.25, 0.3) is 0 Å². The molecule has 3 nitrogen and oxygen atoms in total. The van der Waals surface area contributed by atoms with E-state index in [0.717, 1.165) is 25.8 Å². The highest BCUT2D eigenvalue weighted by Crippen LogP contribution is 2.43. The summed E-state index contributed by atoms with van der Waals surface area (Å²) in [6.45, 7) is 5.22. The van der Waals surface area contributed by atoms with Gasteiger partial charge in [0.05, 0.1) is 13.2 Å². The van der Waals surface area contributed by atoms with Crippen molar-refractivity contribution in [3.8, 4) is 0 Å². The van der Waals surface area contributed by atoms with Crippen LogP contribution in [0.4, 0.5) is 0 Å². The summed E-state index contributed by atoms with van der Waals surface area (Å²) in [5.74, 6) is 0. The first-order valence-corrected chi connectivity index (χ1v) is 4.87. The highest BCUT2D eigenvalue weighted by molar-refractivity contribution is 5.19. The van der Waals surface area contributed by atoms with Crippen LogP contribution in [-0.4, -0.2) is 46.5 Å². The second kappa shape index (κ2) is 3.08. The summed E-state index contributed by atoms with van der Waals surface area (Å²) in [4.78, 5) is 2.23. The van der Waals surface area contributed by atoms with Gasteiger partial charge in [-0.25, -0.2) is 0 Å². The summed E-state index contributed by atoms with van der Waals surface area (Å²) >= 11 is 0. The van der Waals surface area contributed by atoms with Gasteiger partial charge in [-0.2, -0.15) is 0 Å². The van der Waals surface area contributed by atoms with Crippen molar-refractivity contribution >= 4 is 0 Å². The van der Waals surface area contributed by atoms with E-state index < -0.39 is 0 Å². The molecule has 2 atom stereocenters. The Labute approximate surface area is 78.7 Å². The van der Waals surface area contributed by atoms with Crippen LogP contribution in [0.1, 0.15) is 19.3 Å². The van der Waals surface area contributed by atoms with Crippen LogP contribution in [0.2, 0.25) is 0 Å². The van der Waals surface area contributed by atoms with Crippen molar-refractivity contribution in [3.63, 3.8) is 0 Å². The molecule has 2 N–H and O–H groups in total. The van der Waals surface area contributed by atoms with Crippen LogP contribution >= 0.6 is 0 Å². The smallest absolute Gasteiger partial charge is 0.0618 e. The molecule has 0 spiro atoms. The monoisotopic (exact) mass is 183 g/mol. The van der Waals surface area contributed by atoms with Gasteiger partial charge >= 0.3 is 0 Å². The van der Waals surface area contributed by atoms with Gasteiger partial charge in [0.25, 0.3) is 0 Å². The van der Waals surface area contributed by atoms with Gasteiger partial charge in [0, 0.05) is 18.1 Å². The quantitative estimate of drug-likeness (QED) is 0.598. The topological polar surface area (TPSA) is 43.7 Å². The van der Waals surface area contributed by atoms with E-state index in [9.17, 15) is 5.11 Å². The minimum absolute atomic E-state index is 0.0789. The van der Waals surface area contributed by atoms with Crippen molar-refractivity contribution in [2.45, 2.75) is 30.8 Å². The molecule has 74 valence electrons. The lowest BCUT2D eigenvalue weighted by Gasteiger charge is -2.32. The van der Waals surface area contributed by atoms with Gasteiger partial charge in [-0.05, 0) is 19.3 Å². The van der Waals surface area contributed by atoms with E-state index in [1.54, 1.807) is 0 Å². The highest BCUT2D eigenvalue weighted by atomic mass is 16.3. The van der Waals surface area contributed by atoms with Gasteiger partial charge in [-0.15, -0.1) is 0 Å². The second-order valence-corrected chi connectivity index (χ2v) is 4.31. The zero-order valence-electron chi connectivity index (χ0n) is 7.87. The van der Waals surface area contributed by atoms with Gasteiger partial charge in [0.1, 0.15) is 0 Å². The normalized spacial score (nSPS) is 39.8. The average molecular weight is 183 g/mol. The molecule has 0 bridgehead atoms. The Balaban J connectivity index is 2.21. The number of aliphatic hydroxyl groups excluding tert-OH is 2. The number of fused-ring (bicyclic) bond motifs is 1. The fraction of sp³-hybridized carbons (Fsp3) is 0.800. The SMILES string of the molecule is C=C1CN2[C@H](CO)CC[C@@]2(CO)C1. The Morgan fingerprint density at radius 2 is 2.31 bits per heavy atom. The first-order valence-electron chi connectivity index (χ1n) is 4.87. The molecule has 2 rings (SSSR count). The van der Waals surface area contributed by atoms with Crippen molar-refractivity contribution in [3.05, 3.63) is 12.2 Å². The minimum atomic E-state index is -0.0789. The molecular weight excluding hydrogens is 166 g/mol. The van der Waals surface area contributed by atoms with E-state index in [1.807, 2.05) is 0 Å². The Bertz CT molecular complexity index is 229. The fourth-order valence-electron chi connectivity index (χ4n) is 2.79. The maximum Gasteiger partial charge on any atom is 0.0618 e. The molecule has 2 fully saturated rings. The van der Waals surface area contributed by atoms with E-state index in [-0.39, 0.29) is 24.8 Å². The summed E-state index contributed by atoms with van der Waals surface area (Å²) in [7, 11) is 0. The number of rotatable bonds is 2. The highest BCUT2D eigenvalue weighted by Gasteiger charge is 2.49. The zero-order valence-corrected chi connectivity index (χ0v) is 7.87. The summed E-state index contributed by atoms with van der Waals surface area (Å²) in [6, 6.07) is 0.242. The molecule has 0 unspecified atom stereocenters. The van der Waals surface area contributed by atoms with E-state index in [1.165, 1.54) is 5.57 Å². The molecule has 0 radical (unpaired) electrons. The summed E-state index contributed by atoms with van der Waals surface area (Å²) in [5.41, 5.74) is 1.11. The van der Waals surface area contributed by atoms with Crippen LogP contribution in [0, 0.1) is 0 Å². The number of hydrogen-bond donors (Lipinski definition) is 2. The molecular formula is C10H17NO2. The largest absolute Gasteiger partial charge is 0.395 e. The molecule has 2 aliphatic heterocycles. The Morgan fingerprint density at radius 3 is 2.92 bits per heavy atom. The lowest BCUT2D eigenvalue weighted by Crippen LogP contribution is -2.46. The van der Waals surface area contributed by atoms with Crippen LogP contribution in [0.5, 0.6) is 0 Å². The number of aliphatic hydroxyl groups is 2. The zero-order chi connectivity index (χ0) is 9.47. The molecule has 13 heavy (non-hydrogen) atoms. The van der Waals surface area contributed by atoms with Gasteiger partial charge in [0.2, 0.25) is 0 Å². The number of nitrogens with zero attached hydrogens (tertiary/aromatic N) is 1. The molecule has 2 heterocycles. The molecule has 0 aromatic carbocycles.